The number of hydrogen-bond acceptors (Lipinski definition) is 6. The summed E-state index contributed by atoms with van der Waals surface area (Å²) in [5, 5.41) is 2.64. The average Bonchev–Trinajstić information content (AvgIpc) is 2.70. The number of amides is 1. The van der Waals surface area contributed by atoms with Crippen molar-refractivity contribution in [1.29, 1.82) is 0 Å². The van der Waals surface area contributed by atoms with E-state index in [1.165, 1.54) is 7.11 Å². The van der Waals surface area contributed by atoms with Crippen LogP contribution in [0.5, 0.6) is 11.5 Å². The molecule has 2 aromatic rings. The Labute approximate surface area is 158 Å². The van der Waals surface area contributed by atoms with E-state index in [0.29, 0.717) is 36.0 Å². The predicted molar refractivity (Wildman–Crippen MR) is 100 cm³/mol. The van der Waals surface area contributed by atoms with Crippen molar-refractivity contribution in [2.24, 2.45) is 0 Å². The molecule has 0 fully saturated rings. The van der Waals surface area contributed by atoms with Gasteiger partial charge in [-0.25, -0.2) is 4.79 Å². The Morgan fingerprint density at radius 2 is 1.74 bits per heavy atom. The molecular formula is C20H23NO6. The van der Waals surface area contributed by atoms with Gasteiger partial charge < -0.3 is 24.3 Å². The number of ether oxygens (including phenoxy) is 4. The number of rotatable bonds is 9. The zero-order chi connectivity index (χ0) is 19.6. The highest BCUT2D eigenvalue weighted by Crippen LogP contribution is 2.23. The minimum Gasteiger partial charge on any atom is -0.496 e. The van der Waals surface area contributed by atoms with Gasteiger partial charge in [0.1, 0.15) is 11.5 Å². The van der Waals surface area contributed by atoms with Gasteiger partial charge in [0, 0.05) is 12.2 Å². The summed E-state index contributed by atoms with van der Waals surface area (Å²) in [5.41, 5.74) is 1.55. The molecule has 0 unspecified atom stereocenters. The number of para-hydroxylation sites is 2. The molecule has 1 amide bonds. The molecule has 0 aliphatic heterocycles. The highest BCUT2D eigenvalue weighted by atomic mass is 16.5. The Hall–Kier alpha value is -3.06. The summed E-state index contributed by atoms with van der Waals surface area (Å²) in [7, 11) is 3.06. The minimum atomic E-state index is -0.606. The van der Waals surface area contributed by atoms with Gasteiger partial charge in [-0.1, -0.05) is 12.1 Å². The van der Waals surface area contributed by atoms with E-state index in [0.717, 1.165) is 5.56 Å². The second-order valence-corrected chi connectivity index (χ2v) is 5.49. The third-order valence-corrected chi connectivity index (χ3v) is 3.69. The lowest BCUT2D eigenvalue weighted by molar-refractivity contribution is -0.119. The fourth-order valence-corrected chi connectivity index (χ4v) is 2.38. The fraction of sp³-hybridized carbons (Fsp3) is 0.300. The Balaban J connectivity index is 1.97. The molecule has 0 saturated heterocycles. The van der Waals surface area contributed by atoms with Gasteiger partial charge in [0.15, 0.2) is 6.61 Å². The number of carbonyl (C=O) groups excluding carboxylic acids is 2. The molecule has 2 rings (SSSR count). The van der Waals surface area contributed by atoms with E-state index in [-0.39, 0.29) is 0 Å². The molecule has 0 atom stereocenters. The van der Waals surface area contributed by atoms with Crippen LogP contribution in [-0.2, 0) is 20.9 Å². The Bertz CT molecular complexity index is 790. The van der Waals surface area contributed by atoms with Gasteiger partial charge >= 0.3 is 5.97 Å². The lowest BCUT2D eigenvalue weighted by atomic mass is 10.1. The number of anilines is 1. The second kappa shape index (κ2) is 10.2. The highest BCUT2D eigenvalue weighted by Gasteiger charge is 2.14. The lowest BCUT2D eigenvalue weighted by Crippen LogP contribution is -2.21. The number of benzene rings is 2. The van der Waals surface area contributed by atoms with E-state index in [1.807, 2.05) is 6.92 Å². The summed E-state index contributed by atoms with van der Waals surface area (Å²) in [5.74, 6) is 0.0725. The molecule has 7 heteroatoms. The fourth-order valence-electron chi connectivity index (χ4n) is 2.38. The molecule has 0 bridgehead atoms. The molecule has 0 radical (unpaired) electrons. The summed E-state index contributed by atoms with van der Waals surface area (Å²) < 4.78 is 20.9. The number of carbonyl (C=O) groups is 2. The van der Waals surface area contributed by atoms with Gasteiger partial charge in [-0.3, -0.25) is 4.79 Å². The smallest absolute Gasteiger partial charge is 0.338 e. The van der Waals surface area contributed by atoms with E-state index >= 15 is 0 Å². The Kier molecular flexibility index (Phi) is 7.63. The molecule has 2 aromatic carbocycles. The van der Waals surface area contributed by atoms with Crippen LogP contribution in [0.1, 0.15) is 22.8 Å². The maximum absolute atomic E-state index is 12.2. The summed E-state index contributed by atoms with van der Waals surface area (Å²) >= 11 is 0. The standard InChI is InChI=1S/C20H23NO6/c1-4-26-12-15-11-14(9-10-17(15)24-2)20(23)27-13-19(22)21-16-7-5-6-8-18(16)25-3/h5-11H,4,12-13H2,1-3H3,(H,21,22). The normalized spacial score (nSPS) is 10.2. The van der Waals surface area contributed by atoms with Gasteiger partial charge in [-0.15, -0.1) is 0 Å². The van der Waals surface area contributed by atoms with Gasteiger partial charge in [-0.2, -0.15) is 0 Å². The van der Waals surface area contributed by atoms with Crippen molar-refractivity contribution in [3.8, 4) is 11.5 Å². The molecule has 0 aliphatic carbocycles. The van der Waals surface area contributed by atoms with Crippen LogP contribution in [0.4, 0.5) is 5.69 Å². The Morgan fingerprint density at radius 3 is 2.44 bits per heavy atom. The minimum absolute atomic E-state index is 0.315. The summed E-state index contributed by atoms with van der Waals surface area (Å²) in [6.45, 7) is 2.32. The van der Waals surface area contributed by atoms with E-state index in [4.69, 9.17) is 18.9 Å². The third kappa shape index (κ3) is 5.72. The first-order chi connectivity index (χ1) is 13.1. The maximum atomic E-state index is 12.2. The first kappa shape index (κ1) is 20.3. The average molecular weight is 373 g/mol. The van der Waals surface area contributed by atoms with Crippen molar-refractivity contribution in [2.75, 3.05) is 32.8 Å². The van der Waals surface area contributed by atoms with Crippen molar-refractivity contribution >= 4 is 17.6 Å². The zero-order valence-electron chi connectivity index (χ0n) is 15.6. The van der Waals surface area contributed by atoms with Crippen molar-refractivity contribution in [3.05, 3.63) is 53.6 Å². The van der Waals surface area contributed by atoms with Crippen LogP contribution in [-0.4, -0.2) is 39.3 Å². The monoisotopic (exact) mass is 373 g/mol. The molecule has 1 N–H and O–H groups in total. The van der Waals surface area contributed by atoms with Crippen molar-refractivity contribution in [2.45, 2.75) is 13.5 Å². The molecule has 0 aliphatic rings. The summed E-state index contributed by atoms with van der Waals surface area (Å²) in [6.07, 6.45) is 0. The molecule has 0 aromatic heterocycles. The number of hydrogen-bond donors (Lipinski definition) is 1. The van der Waals surface area contributed by atoms with E-state index in [9.17, 15) is 9.59 Å². The molecular weight excluding hydrogens is 350 g/mol. The van der Waals surface area contributed by atoms with Crippen LogP contribution < -0.4 is 14.8 Å². The van der Waals surface area contributed by atoms with Crippen LogP contribution in [0.3, 0.4) is 0 Å². The SMILES string of the molecule is CCOCc1cc(C(=O)OCC(=O)Nc2ccccc2OC)ccc1OC. The first-order valence-electron chi connectivity index (χ1n) is 8.43. The highest BCUT2D eigenvalue weighted by molar-refractivity contribution is 5.96. The van der Waals surface area contributed by atoms with Crippen molar-refractivity contribution in [3.63, 3.8) is 0 Å². The largest absolute Gasteiger partial charge is 0.496 e. The van der Waals surface area contributed by atoms with Crippen LogP contribution >= 0.6 is 0 Å². The van der Waals surface area contributed by atoms with Gasteiger partial charge in [0.05, 0.1) is 32.1 Å². The third-order valence-electron chi connectivity index (χ3n) is 3.69. The summed E-state index contributed by atoms with van der Waals surface area (Å²) in [4.78, 5) is 24.3. The van der Waals surface area contributed by atoms with Crippen LogP contribution in [0.2, 0.25) is 0 Å². The maximum Gasteiger partial charge on any atom is 0.338 e. The van der Waals surface area contributed by atoms with Crippen molar-refractivity contribution < 1.29 is 28.5 Å². The molecule has 144 valence electrons. The van der Waals surface area contributed by atoms with Gasteiger partial charge in [0.25, 0.3) is 5.91 Å². The summed E-state index contributed by atoms with van der Waals surface area (Å²) in [6, 6.07) is 11.9. The van der Waals surface area contributed by atoms with Crippen molar-refractivity contribution in [1.82, 2.24) is 0 Å². The van der Waals surface area contributed by atoms with Crippen LogP contribution in [0.25, 0.3) is 0 Å². The number of esters is 1. The van der Waals surface area contributed by atoms with Crippen LogP contribution in [0, 0.1) is 0 Å². The first-order valence-corrected chi connectivity index (χ1v) is 8.43. The molecule has 27 heavy (non-hydrogen) atoms. The lowest BCUT2D eigenvalue weighted by Gasteiger charge is -2.12. The van der Waals surface area contributed by atoms with E-state index in [1.54, 1.807) is 49.6 Å². The number of nitrogens with one attached hydrogen (secondary N) is 1. The topological polar surface area (TPSA) is 83.1 Å². The quantitative estimate of drug-likeness (QED) is 0.680. The molecule has 0 spiro atoms. The number of methoxy groups -OCH3 is 2. The van der Waals surface area contributed by atoms with Gasteiger partial charge in [0.2, 0.25) is 0 Å². The van der Waals surface area contributed by atoms with Gasteiger partial charge in [-0.05, 0) is 37.3 Å². The molecule has 0 heterocycles. The second-order valence-electron chi connectivity index (χ2n) is 5.49. The van der Waals surface area contributed by atoms with Crippen LogP contribution in [0.15, 0.2) is 42.5 Å². The molecule has 7 nitrogen and oxygen atoms in total. The van der Waals surface area contributed by atoms with E-state index < -0.39 is 18.5 Å². The molecule has 0 saturated carbocycles. The predicted octanol–water partition coefficient (Wildman–Crippen LogP) is 3.04. The zero-order valence-corrected chi connectivity index (χ0v) is 15.6. The van der Waals surface area contributed by atoms with E-state index in [2.05, 4.69) is 5.32 Å². The Morgan fingerprint density at radius 1 is 1.00 bits per heavy atom.